The Labute approximate surface area is 204 Å². The maximum atomic E-state index is 11.7. The van der Waals surface area contributed by atoms with Gasteiger partial charge in [-0.05, 0) is 61.4 Å². The van der Waals surface area contributed by atoms with Crippen LogP contribution in [0.5, 0.6) is 5.75 Å². The number of benzene rings is 2. The second kappa shape index (κ2) is 13.2. The van der Waals surface area contributed by atoms with Gasteiger partial charge in [-0.1, -0.05) is 58.4 Å². The first-order valence-electron chi connectivity index (χ1n) is 12.9. The monoisotopic (exact) mass is 463 g/mol. The highest BCUT2D eigenvalue weighted by atomic mass is 16.5. The minimum atomic E-state index is 0.0491. The molecular weight excluding hydrogens is 422 g/mol. The predicted molar refractivity (Wildman–Crippen MR) is 140 cm³/mol. The van der Waals surface area contributed by atoms with Crippen molar-refractivity contribution in [2.45, 2.75) is 78.7 Å². The number of carbonyl (C=O) groups is 1. The number of rotatable bonds is 14. The predicted octanol–water partition coefficient (Wildman–Crippen LogP) is 6.50. The summed E-state index contributed by atoms with van der Waals surface area (Å²) in [5, 5.41) is 3.00. The summed E-state index contributed by atoms with van der Waals surface area (Å²) in [5.41, 5.74) is 3.62. The molecule has 2 aromatic carbocycles. The van der Waals surface area contributed by atoms with Crippen LogP contribution < -0.4 is 10.1 Å². The number of nitrogens with one attached hydrogen (secondary N) is 1. The molecule has 1 unspecified atom stereocenters. The maximum Gasteiger partial charge on any atom is 0.222 e. The fourth-order valence-electron chi connectivity index (χ4n) is 4.11. The molecule has 5 heteroatoms. The van der Waals surface area contributed by atoms with Gasteiger partial charge in [0.25, 0.3) is 0 Å². The number of carbonyl (C=O) groups excluding carboxylic acids is 1. The molecule has 0 aliphatic rings. The fourth-order valence-corrected chi connectivity index (χ4v) is 4.11. The number of hydrogen-bond acceptors (Lipinski definition) is 3. The van der Waals surface area contributed by atoms with Gasteiger partial charge in [-0.3, -0.25) is 4.79 Å². The highest BCUT2D eigenvalue weighted by molar-refractivity contribution is 5.77. The van der Waals surface area contributed by atoms with Gasteiger partial charge in [-0.15, -0.1) is 0 Å². The number of ether oxygens (including phenoxy) is 1. The van der Waals surface area contributed by atoms with E-state index in [0.29, 0.717) is 12.5 Å². The van der Waals surface area contributed by atoms with Gasteiger partial charge in [0.1, 0.15) is 11.6 Å². The number of aromatic nitrogens is 2. The van der Waals surface area contributed by atoms with E-state index in [-0.39, 0.29) is 11.8 Å². The summed E-state index contributed by atoms with van der Waals surface area (Å²) in [7, 11) is 0. The Kier molecular flexibility index (Phi) is 9.99. The molecule has 5 nitrogen and oxygen atoms in total. The lowest BCUT2D eigenvalue weighted by Gasteiger charge is -2.12. The number of para-hydroxylation sites is 2. The molecule has 3 rings (SSSR count). The molecule has 184 valence electrons. The molecule has 1 atom stereocenters. The van der Waals surface area contributed by atoms with Crippen molar-refractivity contribution < 1.29 is 9.53 Å². The molecule has 0 spiro atoms. The Bertz CT molecular complexity index is 1020. The van der Waals surface area contributed by atoms with Crippen LogP contribution in [0.25, 0.3) is 11.0 Å². The SMILES string of the molecule is CCC(C)c1ccc(OCCCn2c(CCCCCNC(=O)C(C)C)nc3ccccc32)cc1. The zero-order valence-electron chi connectivity index (χ0n) is 21.3. The number of imidazole rings is 1. The fraction of sp³-hybridized carbons (Fsp3) is 0.517. The first kappa shape index (κ1) is 25.8. The Balaban J connectivity index is 1.49. The Morgan fingerprint density at radius 2 is 1.76 bits per heavy atom. The van der Waals surface area contributed by atoms with E-state index in [1.807, 2.05) is 19.9 Å². The van der Waals surface area contributed by atoms with Crippen molar-refractivity contribution in [3.63, 3.8) is 0 Å². The molecule has 0 saturated carbocycles. The molecule has 1 aromatic heterocycles. The third-order valence-electron chi connectivity index (χ3n) is 6.49. The molecule has 1 amide bonds. The highest BCUT2D eigenvalue weighted by Crippen LogP contribution is 2.22. The average molecular weight is 464 g/mol. The quantitative estimate of drug-likeness (QED) is 0.278. The van der Waals surface area contributed by atoms with Crippen LogP contribution in [0.4, 0.5) is 0 Å². The van der Waals surface area contributed by atoms with E-state index >= 15 is 0 Å². The second-order valence-electron chi connectivity index (χ2n) is 9.51. The smallest absolute Gasteiger partial charge is 0.222 e. The van der Waals surface area contributed by atoms with E-state index in [1.165, 1.54) is 11.1 Å². The standard InChI is InChI=1S/C29H41N3O2/c1-5-23(4)24-15-17-25(18-16-24)34-21-11-20-32-27-13-9-8-12-26(27)31-28(32)14-7-6-10-19-30-29(33)22(2)3/h8-9,12-13,15-18,22-23H,5-7,10-11,14,19-21H2,1-4H3,(H,30,33). The zero-order valence-corrected chi connectivity index (χ0v) is 21.3. The summed E-state index contributed by atoms with van der Waals surface area (Å²) < 4.78 is 8.37. The van der Waals surface area contributed by atoms with Gasteiger partial charge < -0.3 is 14.6 Å². The summed E-state index contributed by atoms with van der Waals surface area (Å²) >= 11 is 0. The molecule has 0 aliphatic heterocycles. The Morgan fingerprint density at radius 1 is 1.00 bits per heavy atom. The number of hydrogen-bond donors (Lipinski definition) is 1. The van der Waals surface area contributed by atoms with Gasteiger partial charge in [0.05, 0.1) is 17.6 Å². The Morgan fingerprint density at radius 3 is 2.50 bits per heavy atom. The van der Waals surface area contributed by atoms with Crippen LogP contribution in [-0.2, 0) is 17.8 Å². The lowest BCUT2D eigenvalue weighted by Crippen LogP contribution is -2.28. The van der Waals surface area contributed by atoms with Crippen molar-refractivity contribution in [1.82, 2.24) is 14.9 Å². The first-order chi connectivity index (χ1) is 16.5. The second-order valence-corrected chi connectivity index (χ2v) is 9.51. The number of fused-ring (bicyclic) bond motifs is 1. The van der Waals surface area contributed by atoms with E-state index < -0.39 is 0 Å². The molecule has 34 heavy (non-hydrogen) atoms. The van der Waals surface area contributed by atoms with Gasteiger partial charge >= 0.3 is 0 Å². The van der Waals surface area contributed by atoms with E-state index in [0.717, 1.165) is 68.7 Å². The molecule has 0 radical (unpaired) electrons. The van der Waals surface area contributed by atoms with Crippen LogP contribution in [0.2, 0.25) is 0 Å². The molecule has 1 heterocycles. The van der Waals surface area contributed by atoms with Gasteiger partial charge in [0.15, 0.2) is 0 Å². The number of amides is 1. The molecule has 3 aromatic rings. The van der Waals surface area contributed by atoms with Crippen LogP contribution in [0, 0.1) is 5.92 Å². The summed E-state index contributed by atoms with van der Waals surface area (Å²) in [4.78, 5) is 16.6. The van der Waals surface area contributed by atoms with Gasteiger partial charge in [-0.25, -0.2) is 4.98 Å². The van der Waals surface area contributed by atoms with Crippen molar-refractivity contribution in [3.8, 4) is 5.75 Å². The normalized spacial score (nSPS) is 12.3. The van der Waals surface area contributed by atoms with Crippen molar-refractivity contribution >= 4 is 16.9 Å². The lowest BCUT2D eigenvalue weighted by atomic mass is 9.99. The minimum absolute atomic E-state index is 0.0491. The third kappa shape index (κ3) is 7.34. The van der Waals surface area contributed by atoms with Crippen LogP contribution in [0.1, 0.15) is 77.1 Å². The lowest BCUT2D eigenvalue weighted by molar-refractivity contribution is -0.123. The molecule has 1 N–H and O–H groups in total. The Hall–Kier alpha value is -2.82. The van der Waals surface area contributed by atoms with Gasteiger partial charge in [0, 0.05) is 25.4 Å². The van der Waals surface area contributed by atoms with Crippen molar-refractivity contribution in [3.05, 3.63) is 59.9 Å². The first-order valence-corrected chi connectivity index (χ1v) is 12.9. The number of unbranched alkanes of at least 4 members (excludes halogenated alkanes) is 2. The van der Waals surface area contributed by atoms with Crippen LogP contribution in [0.15, 0.2) is 48.5 Å². The maximum absolute atomic E-state index is 11.7. The van der Waals surface area contributed by atoms with Crippen molar-refractivity contribution in [1.29, 1.82) is 0 Å². The van der Waals surface area contributed by atoms with Gasteiger partial charge in [-0.2, -0.15) is 0 Å². The van der Waals surface area contributed by atoms with Crippen LogP contribution in [0.3, 0.4) is 0 Å². The third-order valence-corrected chi connectivity index (χ3v) is 6.49. The molecule has 0 saturated heterocycles. The summed E-state index contributed by atoms with van der Waals surface area (Å²) in [6, 6.07) is 16.9. The molecule has 0 aliphatic carbocycles. The van der Waals surface area contributed by atoms with Crippen molar-refractivity contribution in [2.75, 3.05) is 13.2 Å². The van der Waals surface area contributed by atoms with Crippen molar-refractivity contribution in [2.24, 2.45) is 5.92 Å². The summed E-state index contributed by atoms with van der Waals surface area (Å²) in [6.45, 7) is 10.7. The van der Waals surface area contributed by atoms with Crippen LogP contribution >= 0.6 is 0 Å². The van der Waals surface area contributed by atoms with E-state index in [9.17, 15) is 4.79 Å². The van der Waals surface area contributed by atoms with E-state index in [2.05, 4.69) is 66.2 Å². The van der Waals surface area contributed by atoms with E-state index in [4.69, 9.17) is 9.72 Å². The summed E-state index contributed by atoms with van der Waals surface area (Å²) in [5.74, 6) is 2.85. The molecular formula is C29H41N3O2. The minimum Gasteiger partial charge on any atom is -0.494 e. The average Bonchev–Trinajstić information content (AvgIpc) is 3.20. The van der Waals surface area contributed by atoms with Gasteiger partial charge in [0.2, 0.25) is 5.91 Å². The summed E-state index contributed by atoms with van der Waals surface area (Å²) in [6.07, 6.45) is 6.18. The number of aryl methyl sites for hydroxylation is 2. The number of nitrogens with zero attached hydrogens (tertiary/aromatic N) is 2. The highest BCUT2D eigenvalue weighted by Gasteiger charge is 2.11. The molecule has 0 bridgehead atoms. The zero-order chi connectivity index (χ0) is 24.3. The van der Waals surface area contributed by atoms with E-state index in [1.54, 1.807) is 0 Å². The molecule has 0 fully saturated rings. The van der Waals surface area contributed by atoms with Crippen LogP contribution in [-0.4, -0.2) is 28.6 Å². The largest absolute Gasteiger partial charge is 0.494 e. The topological polar surface area (TPSA) is 56.1 Å².